The van der Waals surface area contributed by atoms with Crippen LogP contribution in [0.1, 0.15) is 22.8 Å². The number of esters is 1. The molecule has 0 bridgehead atoms. The van der Waals surface area contributed by atoms with Gasteiger partial charge < -0.3 is 9.64 Å². The monoisotopic (exact) mass is 437 g/mol. The van der Waals surface area contributed by atoms with E-state index in [4.69, 9.17) is 4.74 Å². The Morgan fingerprint density at radius 3 is 2.36 bits per heavy atom. The molecule has 1 amide bonds. The summed E-state index contributed by atoms with van der Waals surface area (Å²) in [7, 11) is 0. The highest BCUT2D eigenvalue weighted by molar-refractivity contribution is 6.00. The fourth-order valence-corrected chi connectivity index (χ4v) is 4.27. The molecule has 6 nitrogen and oxygen atoms in total. The summed E-state index contributed by atoms with van der Waals surface area (Å²) in [6, 6.07) is 26.9. The van der Waals surface area contributed by atoms with Crippen LogP contribution < -0.4 is 4.90 Å². The molecule has 4 aromatic rings. The maximum Gasteiger partial charge on any atom is 0.342 e. The molecule has 0 saturated heterocycles. The molecule has 1 aromatic heterocycles. The van der Waals surface area contributed by atoms with E-state index in [0.717, 1.165) is 28.9 Å². The normalized spacial score (nSPS) is 14.7. The van der Waals surface area contributed by atoms with E-state index in [0.29, 0.717) is 11.3 Å². The van der Waals surface area contributed by atoms with Gasteiger partial charge in [-0.15, -0.1) is 0 Å². The smallest absolute Gasteiger partial charge is 0.342 e. The van der Waals surface area contributed by atoms with Gasteiger partial charge in [0.2, 0.25) is 0 Å². The van der Waals surface area contributed by atoms with Gasteiger partial charge in [-0.3, -0.25) is 4.79 Å². The Hall–Kier alpha value is -4.19. The molecular formula is C27H23N3O3. The maximum atomic E-state index is 13.1. The number of hydrogen-bond acceptors (Lipinski definition) is 4. The fourth-order valence-electron chi connectivity index (χ4n) is 4.27. The number of carbonyl (C=O) groups is 2. The van der Waals surface area contributed by atoms with E-state index < -0.39 is 5.97 Å². The summed E-state index contributed by atoms with van der Waals surface area (Å²) in [5, 5.41) is 4.64. The molecule has 1 aliphatic heterocycles. The van der Waals surface area contributed by atoms with E-state index in [2.05, 4.69) is 5.10 Å². The lowest BCUT2D eigenvalue weighted by Crippen LogP contribution is -2.38. The molecule has 3 aromatic carbocycles. The number of amides is 1. The van der Waals surface area contributed by atoms with Crippen LogP contribution in [0.3, 0.4) is 0 Å². The Morgan fingerprint density at radius 2 is 1.61 bits per heavy atom. The third-order valence-electron chi connectivity index (χ3n) is 5.80. The zero-order valence-electron chi connectivity index (χ0n) is 18.2. The third-order valence-corrected chi connectivity index (χ3v) is 5.80. The SMILES string of the molecule is CC1Cc2ccccc2N1C(=O)COC(=O)c1cn(-c2ccccc2)nc1-c1ccccc1. The standard InChI is InChI=1S/C27H23N3O3/c1-19-16-21-12-8-9-15-24(21)30(19)25(31)18-33-27(32)23-17-29(22-13-6-3-7-14-22)28-26(23)20-10-4-2-5-11-20/h2-15,17,19H,16,18H2,1H3. The van der Waals surface area contributed by atoms with Crippen LogP contribution in [-0.4, -0.2) is 34.3 Å². The molecule has 164 valence electrons. The van der Waals surface area contributed by atoms with Crippen molar-refractivity contribution in [1.29, 1.82) is 0 Å². The molecule has 1 atom stereocenters. The van der Waals surface area contributed by atoms with Gasteiger partial charge in [-0.05, 0) is 37.1 Å². The van der Waals surface area contributed by atoms with E-state index in [-0.39, 0.29) is 18.6 Å². The quantitative estimate of drug-likeness (QED) is 0.426. The molecule has 0 radical (unpaired) electrons. The van der Waals surface area contributed by atoms with Crippen molar-refractivity contribution in [2.24, 2.45) is 0 Å². The third kappa shape index (κ3) is 4.03. The van der Waals surface area contributed by atoms with Gasteiger partial charge in [0.25, 0.3) is 5.91 Å². The number of benzene rings is 3. The summed E-state index contributed by atoms with van der Waals surface area (Å²) in [6.07, 6.45) is 2.44. The van der Waals surface area contributed by atoms with Gasteiger partial charge in [0.05, 0.1) is 5.69 Å². The lowest BCUT2D eigenvalue weighted by molar-refractivity contribution is -0.122. The summed E-state index contributed by atoms with van der Waals surface area (Å²) in [5.74, 6) is -0.818. The predicted molar refractivity (Wildman–Crippen MR) is 126 cm³/mol. The first kappa shape index (κ1) is 20.7. The molecule has 0 saturated carbocycles. The van der Waals surface area contributed by atoms with Gasteiger partial charge >= 0.3 is 5.97 Å². The van der Waals surface area contributed by atoms with Crippen molar-refractivity contribution < 1.29 is 14.3 Å². The minimum atomic E-state index is -0.579. The van der Waals surface area contributed by atoms with E-state index in [9.17, 15) is 9.59 Å². The number of fused-ring (bicyclic) bond motifs is 1. The van der Waals surface area contributed by atoms with Crippen molar-refractivity contribution in [2.75, 3.05) is 11.5 Å². The summed E-state index contributed by atoms with van der Waals surface area (Å²) in [5.41, 5.74) is 4.46. The molecule has 1 unspecified atom stereocenters. The minimum absolute atomic E-state index is 0.0225. The van der Waals surface area contributed by atoms with Crippen LogP contribution in [-0.2, 0) is 16.0 Å². The fraction of sp³-hybridized carbons (Fsp3) is 0.148. The summed E-state index contributed by atoms with van der Waals surface area (Å²) in [4.78, 5) is 27.8. The van der Waals surface area contributed by atoms with E-state index in [1.165, 1.54) is 0 Å². The van der Waals surface area contributed by atoms with Crippen molar-refractivity contribution in [2.45, 2.75) is 19.4 Å². The van der Waals surface area contributed by atoms with Gasteiger partial charge in [0, 0.05) is 23.5 Å². The zero-order chi connectivity index (χ0) is 22.8. The van der Waals surface area contributed by atoms with E-state index in [1.807, 2.05) is 91.9 Å². The van der Waals surface area contributed by atoms with Crippen molar-refractivity contribution in [1.82, 2.24) is 9.78 Å². The minimum Gasteiger partial charge on any atom is -0.452 e. The Labute approximate surface area is 192 Å². The largest absolute Gasteiger partial charge is 0.452 e. The van der Waals surface area contributed by atoms with Crippen molar-refractivity contribution in [3.05, 3.63) is 102 Å². The number of ether oxygens (including phenoxy) is 1. The highest BCUT2D eigenvalue weighted by atomic mass is 16.5. The van der Waals surface area contributed by atoms with Crippen molar-refractivity contribution >= 4 is 17.6 Å². The molecule has 6 heteroatoms. The Bertz CT molecular complexity index is 1300. The lowest BCUT2D eigenvalue weighted by Gasteiger charge is -2.22. The van der Waals surface area contributed by atoms with Crippen LogP contribution in [0, 0.1) is 0 Å². The van der Waals surface area contributed by atoms with E-state index >= 15 is 0 Å². The highest BCUT2D eigenvalue weighted by Gasteiger charge is 2.31. The van der Waals surface area contributed by atoms with Gasteiger partial charge in [-0.2, -0.15) is 5.10 Å². The molecule has 2 heterocycles. The molecule has 0 aliphatic carbocycles. The molecule has 1 aliphatic rings. The van der Waals surface area contributed by atoms with Crippen LogP contribution >= 0.6 is 0 Å². The van der Waals surface area contributed by atoms with Gasteiger partial charge in [-0.25, -0.2) is 9.48 Å². The van der Waals surface area contributed by atoms with Gasteiger partial charge in [0.15, 0.2) is 6.61 Å². The van der Waals surface area contributed by atoms with Crippen LogP contribution in [0.25, 0.3) is 16.9 Å². The van der Waals surface area contributed by atoms with E-state index in [1.54, 1.807) is 15.8 Å². The highest BCUT2D eigenvalue weighted by Crippen LogP contribution is 2.32. The van der Waals surface area contributed by atoms with Crippen molar-refractivity contribution in [3.63, 3.8) is 0 Å². The number of nitrogens with zero attached hydrogens (tertiary/aromatic N) is 3. The first-order chi connectivity index (χ1) is 16.1. The summed E-state index contributed by atoms with van der Waals surface area (Å²) >= 11 is 0. The molecular weight excluding hydrogens is 414 g/mol. The second kappa shape index (κ2) is 8.74. The van der Waals surface area contributed by atoms with Crippen LogP contribution in [0.2, 0.25) is 0 Å². The first-order valence-corrected chi connectivity index (χ1v) is 10.9. The van der Waals surface area contributed by atoms with Crippen LogP contribution in [0.5, 0.6) is 0 Å². The number of rotatable bonds is 5. The Balaban J connectivity index is 1.39. The number of para-hydroxylation sites is 2. The number of anilines is 1. The maximum absolute atomic E-state index is 13.1. The number of hydrogen-bond donors (Lipinski definition) is 0. The number of aromatic nitrogens is 2. The number of carbonyl (C=O) groups excluding carboxylic acids is 2. The zero-order valence-corrected chi connectivity index (χ0v) is 18.2. The average molecular weight is 437 g/mol. The first-order valence-electron chi connectivity index (χ1n) is 10.9. The topological polar surface area (TPSA) is 64.4 Å². The summed E-state index contributed by atoms with van der Waals surface area (Å²) < 4.78 is 7.15. The van der Waals surface area contributed by atoms with Gasteiger partial charge in [-0.1, -0.05) is 66.7 Å². The lowest BCUT2D eigenvalue weighted by atomic mass is 10.1. The average Bonchev–Trinajstić information content (AvgIpc) is 3.44. The molecule has 5 rings (SSSR count). The molecule has 0 fully saturated rings. The Kier molecular flexibility index (Phi) is 5.48. The Morgan fingerprint density at radius 1 is 0.939 bits per heavy atom. The van der Waals surface area contributed by atoms with Crippen LogP contribution in [0.4, 0.5) is 5.69 Å². The van der Waals surface area contributed by atoms with Crippen molar-refractivity contribution in [3.8, 4) is 16.9 Å². The molecule has 0 spiro atoms. The van der Waals surface area contributed by atoms with Crippen LogP contribution in [0.15, 0.2) is 91.1 Å². The second-order valence-corrected chi connectivity index (χ2v) is 8.06. The molecule has 0 N–H and O–H groups in total. The summed E-state index contributed by atoms with van der Waals surface area (Å²) in [6.45, 7) is 1.67. The second-order valence-electron chi connectivity index (χ2n) is 8.06. The van der Waals surface area contributed by atoms with Gasteiger partial charge in [0.1, 0.15) is 11.3 Å². The predicted octanol–water partition coefficient (Wildman–Crippen LogP) is 4.67. The molecule has 33 heavy (non-hydrogen) atoms.